The van der Waals surface area contributed by atoms with Crippen molar-refractivity contribution in [2.45, 2.75) is 37.8 Å². The molecule has 1 aromatic carbocycles. The van der Waals surface area contributed by atoms with Crippen LogP contribution in [0.2, 0.25) is 0 Å². The highest BCUT2D eigenvalue weighted by atomic mass is 19.1. The first-order chi connectivity index (χ1) is 10.2. The molecule has 0 spiro atoms. The number of aromatic nitrogens is 1. The fraction of sp³-hybridized carbons (Fsp3) is 0.438. The summed E-state index contributed by atoms with van der Waals surface area (Å²) < 4.78 is 18.9. The van der Waals surface area contributed by atoms with E-state index in [1.165, 1.54) is 12.1 Å². The minimum absolute atomic E-state index is 0.129. The van der Waals surface area contributed by atoms with Crippen LogP contribution in [0.1, 0.15) is 31.6 Å². The van der Waals surface area contributed by atoms with Gasteiger partial charge in [-0.1, -0.05) is 25.0 Å². The number of hydrogen-bond donors (Lipinski definition) is 2. The van der Waals surface area contributed by atoms with Gasteiger partial charge in [-0.15, -0.1) is 0 Å². The Hall–Kier alpha value is -1.72. The van der Waals surface area contributed by atoms with E-state index in [0.717, 1.165) is 25.7 Å². The molecule has 0 atom stereocenters. The molecule has 21 heavy (non-hydrogen) atoms. The van der Waals surface area contributed by atoms with Crippen LogP contribution in [0.5, 0.6) is 0 Å². The third-order valence-electron chi connectivity index (χ3n) is 4.14. The number of nitrogens with one attached hydrogen (secondary N) is 1. The summed E-state index contributed by atoms with van der Waals surface area (Å²) in [4.78, 5) is 4.22. The third kappa shape index (κ3) is 3.14. The molecule has 3 rings (SSSR count). The van der Waals surface area contributed by atoms with E-state index in [-0.39, 0.29) is 18.0 Å². The van der Waals surface area contributed by atoms with E-state index in [2.05, 4.69) is 10.3 Å². The number of oxazole rings is 1. The fourth-order valence-corrected chi connectivity index (χ4v) is 2.87. The Bertz CT molecular complexity index is 606. The largest absolute Gasteiger partial charge is 0.439 e. The van der Waals surface area contributed by atoms with Gasteiger partial charge in [0.1, 0.15) is 5.82 Å². The van der Waals surface area contributed by atoms with Gasteiger partial charge in [0.15, 0.2) is 5.76 Å². The van der Waals surface area contributed by atoms with Crippen molar-refractivity contribution < 1.29 is 13.9 Å². The van der Waals surface area contributed by atoms with Crippen LogP contribution < -0.4 is 5.32 Å². The molecule has 4 nitrogen and oxygen atoms in total. The standard InChI is InChI=1S/C16H19FN2O2/c17-13-5-3-4-12(8-13)14-9-18-15(21-14)10-19-16(11-20)6-1-2-7-16/h3-5,8-9,19-20H,1-2,6-7,10-11H2. The van der Waals surface area contributed by atoms with Crippen LogP contribution in [0.25, 0.3) is 11.3 Å². The van der Waals surface area contributed by atoms with Crippen molar-refractivity contribution in [1.82, 2.24) is 10.3 Å². The van der Waals surface area contributed by atoms with Crippen molar-refractivity contribution in [2.24, 2.45) is 0 Å². The number of hydrogen-bond acceptors (Lipinski definition) is 4. The molecule has 0 saturated heterocycles. The maximum Gasteiger partial charge on any atom is 0.208 e. The Morgan fingerprint density at radius 2 is 2.14 bits per heavy atom. The molecule has 1 saturated carbocycles. The van der Waals surface area contributed by atoms with Gasteiger partial charge in [-0.05, 0) is 25.0 Å². The average Bonchev–Trinajstić information content (AvgIpc) is 3.15. The van der Waals surface area contributed by atoms with Crippen molar-refractivity contribution >= 4 is 0 Å². The topological polar surface area (TPSA) is 58.3 Å². The predicted molar refractivity (Wildman–Crippen MR) is 77.0 cm³/mol. The lowest BCUT2D eigenvalue weighted by Gasteiger charge is -2.27. The second kappa shape index (κ2) is 5.95. The molecule has 1 aliphatic rings. The molecule has 0 amide bonds. The molecular weight excluding hydrogens is 271 g/mol. The molecule has 1 aliphatic carbocycles. The lowest BCUT2D eigenvalue weighted by Crippen LogP contribution is -2.45. The quantitative estimate of drug-likeness (QED) is 0.889. The Morgan fingerprint density at radius 1 is 1.33 bits per heavy atom. The molecule has 112 valence electrons. The molecule has 2 N–H and O–H groups in total. The van der Waals surface area contributed by atoms with Crippen LogP contribution in [0.15, 0.2) is 34.9 Å². The first-order valence-corrected chi connectivity index (χ1v) is 7.27. The summed E-state index contributed by atoms with van der Waals surface area (Å²) in [6.07, 6.45) is 5.81. The van der Waals surface area contributed by atoms with Crippen LogP contribution in [0.4, 0.5) is 4.39 Å². The Balaban J connectivity index is 1.68. The normalized spacial score (nSPS) is 17.2. The number of aliphatic hydroxyl groups is 1. The van der Waals surface area contributed by atoms with E-state index in [0.29, 0.717) is 23.8 Å². The number of nitrogens with zero attached hydrogens (tertiary/aromatic N) is 1. The molecule has 0 aliphatic heterocycles. The van der Waals surface area contributed by atoms with Gasteiger partial charge in [0.05, 0.1) is 19.3 Å². The van der Waals surface area contributed by atoms with Gasteiger partial charge in [-0.2, -0.15) is 0 Å². The van der Waals surface area contributed by atoms with E-state index >= 15 is 0 Å². The van der Waals surface area contributed by atoms with Crippen molar-refractivity contribution in [3.05, 3.63) is 42.2 Å². The molecular formula is C16H19FN2O2. The van der Waals surface area contributed by atoms with Crippen LogP contribution >= 0.6 is 0 Å². The summed E-state index contributed by atoms with van der Waals surface area (Å²) in [5.41, 5.74) is 0.472. The smallest absolute Gasteiger partial charge is 0.208 e. The summed E-state index contributed by atoms with van der Waals surface area (Å²) in [7, 11) is 0. The molecule has 1 fully saturated rings. The summed E-state index contributed by atoms with van der Waals surface area (Å²) in [6, 6.07) is 6.24. The highest BCUT2D eigenvalue weighted by Gasteiger charge is 2.32. The summed E-state index contributed by atoms with van der Waals surface area (Å²) in [5, 5.41) is 12.9. The maximum absolute atomic E-state index is 13.2. The molecule has 1 heterocycles. The fourth-order valence-electron chi connectivity index (χ4n) is 2.87. The minimum atomic E-state index is -0.297. The number of aliphatic hydroxyl groups excluding tert-OH is 1. The highest BCUT2D eigenvalue weighted by molar-refractivity contribution is 5.56. The van der Waals surface area contributed by atoms with Gasteiger partial charge in [0.25, 0.3) is 0 Å². The second-order valence-electron chi connectivity index (χ2n) is 5.63. The van der Waals surface area contributed by atoms with E-state index in [9.17, 15) is 9.50 Å². The third-order valence-corrected chi connectivity index (χ3v) is 4.14. The van der Waals surface area contributed by atoms with Gasteiger partial charge in [-0.3, -0.25) is 0 Å². The van der Waals surface area contributed by atoms with Crippen LogP contribution in [0.3, 0.4) is 0 Å². The van der Waals surface area contributed by atoms with E-state index < -0.39 is 0 Å². The first kappa shape index (κ1) is 14.2. The first-order valence-electron chi connectivity index (χ1n) is 7.27. The number of benzene rings is 1. The SMILES string of the molecule is OCC1(NCc2ncc(-c3cccc(F)c3)o2)CCCC1. The Morgan fingerprint density at radius 3 is 2.86 bits per heavy atom. The summed E-state index contributed by atoms with van der Waals surface area (Å²) in [6.45, 7) is 0.598. The highest BCUT2D eigenvalue weighted by Crippen LogP contribution is 2.29. The molecule has 0 radical (unpaired) electrons. The van der Waals surface area contributed by atoms with E-state index in [1.54, 1.807) is 18.3 Å². The average molecular weight is 290 g/mol. The van der Waals surface area contributed by atoms with Gasteiger partial charge in [0.2, 0.25) is 5.89 Å². The van der Waals surface area contributed by atoms with Crippen molar-refractivity contribution in [3.63, 3.8) is 0 Å². The number of rotatable bonds is 5. The lowest BCUT2D eigenvalue weighted by molar-refractivity contribution is 0.159. The maximum atomic E-state index is 13.2. The van der Waals surface area contributed by atoms with Crippen molar-refractivity contribution in [1.29, 1.82) is 0 Å². The lowest BCUT2D eigenvalue weighted by atomic mass is 9.99. The number of halogens is 1. The van der Waals surface area contributed by atoms with Crippen LogP contribution in [-0.4, -0.2) is 22.2 Å². The second-order valence-corrected chi connectivity index (χ2v) is 5.63. The van der Waals surface area contributed by atoms with Crippen LogP contribution in [0, 0.1) is 5.82 Å². The van der Waals surface area contributed by atoms with Gasteiger partial charge in [0, 0.05) is 11.1 Å². The summed E-state index contributed by atoms with van der Waals surface area (Å²) >= 11 is 0. The Kier molecular flexibility index (Phi) is 4.03. The Labute approximate surface area is 123 Å². The van der Waals surface area contributed by atoms with Gasteiger partial charge < -0.3 is 14.8 Å². The molecule has 5 heteroatoms. The van der Waals surface area contributed by atoms with Crippen LogP contribution in [-0.2, 0) is 6.54 Å². The zero-order chi connectivity index (χ0) is 14.7. The zero-order valence-corrected chi connectivity index (χ0v) is 11.8. The predicted octanol–water partition coefficient (Wildman–Crippen LogP) is 2.88. The molecule has 0 unspecified atom stereocenters. The zero-order valence-electron chi connectivity index (χ0n) is 11.8. The van der Waals surface area contributed by atoms with Gasteiger partial charge in [-0.25, -0.2) is 9.37 Å². The van der Waals surface area contributed by atoms with Crippen molar-refractivity contribution in [2.75, 3.05) is 6.61 Å². The molecule has 1 aromatic heterocycles. The molecule has 2 aromatic rings. The monoisotopic (exact) mass is 290 g/mol. The van der Waals surface area contributed by atoms with Gasteiger partial charge >= 0.3 is 0 Å². The van der Waals surface area contributed by atoms with Crippen molar-refractivity contribution in [3.8, 4) is 11.3 Å². The minimum Gasteiger partial charge on any atom is -0.439 e. The summed E-state index contributed by atoms with van der Waals surface area (Å²) in [5.74, 6) is 0.804. The van der Waals surface area contributed by atoms with E-state index in [1.807, 2.05) is 0 Å². The van der Waals surface area contributed by atoms with E-state index in [4.69, 9.17) is 4.42 Å². The molecule has 0 bridgehead atoms.